The molecule has 5 heteroatoms. The maximum Gasteiger partial charge on any atom is 0.407 e. The van der Waals surface area contributed by atoms with Gasteiger partial charge >= 0.3 is 12.1 Å². The summed E-state index contributed by atoms with van der Waals surface area (Å²) in [5, 5.41) is 11.6. The summed E-state index contributed by atoms with van der Waals surface area (Å²) in [6, 6.07) is 9.04. The number of carbonyl (C=O) groups excluding carboxylic acids is 1. The SMILES string of the molecule is CC(C)(C)OC(=O)NCC(=Cc1ccccc1)C(=O)O. The molecule has 1 amide bonds. The molecule has 0 bridgehead atoms. The third-order valence-electron chi connectivity index (χ3n) is 2.24. The summed E-state index contributed by atoms with van der Waals surface area (Å²) >= 11 is 0. The van der Waals surface area contributed by atoms with E-state index in [9.17, 15) is 9.59 Å². The lowest BCUT2D eigenvalue weighted by atomic mass is 10.1. The van der Waals surface area contributed by atoms with Crippen molar-refractivity contribution in [2.24, 2.45) is 0 Å². The van der Waals surface area contributed by atoms with Gasteiger partial charge in [0.2, 0.25) is 0 Å². The van der Waals surface area contributed by atoms with E-state index in [1.807, 2.05) is 18.2 Å². The van der Waals surface area contributed by atoms with Crippen LogP contribution in [0.3, 0.4) is 0 Å². The summed E-state index contributed by atoms with van der Waals surface area (Å²) in [6.07, 6.45) is 0.873. The molecule has 0 aliphatic rings. The molecule has 2 N–H and O–H groups in total. The molecule has 1 rings (SSSR count). The second-order valence-corrected chi connectivity index (χ2v) is 5.24. The monoisotopic (exact) mass is 277 g/mol. The Morgan fingerprint density at radius 3 is 2.35 bits per heavy atom. The Morgan fingerprint density at radius 2 is 1.85 bits per heavy atom. The zero-order chi connectivity index (χ0) is 15.2. The Balaban J connectivity index is 2.68. The molecule has 0 saturated heterocycles. The summed E-state index contributed by atoms with van der Waals surface area (Å²) in [5.41, 5.74) is 0.231. The van der Waals surface area contributed by atoms with Crippen LogP contribution in [0, 0.1) is 0 Å². The van der Waals surface area contributed by atoms with Gasteiger partial charge in [0.1, 0.15) is 5.60 Å². The number of alkyl carbamates (subject to hydrolysis) is 1. The zero-order valence-electron chi connectivity index (χ0n) is 11.8. The van der Waals surface area contributed by atoms with Crippen LogP contribution < -0.4 is 5.32 Å². The smallest absolute Gasteiger partial charge is 0.407 e. The van der Waals surface area contributed by atoms with Crippen LogP contribution in [0.1, 0.15) is 26.3 Å². The molecule has 0 fully saturated rings. The molecule has 0 saturated carbocycles. The van der Waals surface area contributed by atoms with E-state index in [0.717, 1.165) is 5.56 Å². The number of hydrogen-bond donors (Lipinski definition) is 2. The van der Waals surface area contributed by atoms with Crippen LogP contribution in [0.2, 0.25) is 0 Å². The van der Waals surface area contributed by atoms with E-state index in [0.29, 0.717) is 0 Å². The molecular weight excluding hydrogens is 258 g/mol. The van der Waals surface area contributed by atoms with Gasteiger partial charge in [0.05, 0.1) is 12.1 Å². The largest absolute Gasteiger partial charge is 0.478 e. The summed E-state index contributed by atoms with van der Waals surface area (Å²) < 4.78 is 5.05. The second kappa shape index (κ2) is 6.75. The molecule has 0 aliphatic heterocycles. The third-order valence-corrected chi connectivity index (χ3v) is 2.24. The van der Waals surface area contributed by atoms with Crippen LogP contribution in [0.15, 0.2) is 35.9 Å². The van der Waals surface area contributed by atoms with Gasteiger partial charge in [0.15, 0.2) is 0 Å². The number of rotatable bonds is 4. The van der Waals surface area contributed by atoms with Crippen LogP contribution in [0.25, 0.3) is 6.08 Å². The van der Waals surface area contributed by atoms with E-state index in [-0.39, 0.29) is 12.1 Å². The molecule has 1 aromatic carbocycles. The van der Waals surface area contributed by atoms with Gasteiger partial charge in [-0.2, -0.15) is 0 Å². The molecule has 0 heterocycles. The molecule has 0 radical (unpaired) electrons. The first-order valence-corrected chi connectivity index (χ1v) is 6.24. The number of carboxylic acids is 1. The fraction of sp³-hybridized carbons (Fsp3) is 0.333. The number of ether oxygens (including phenoxy) is 1. The first kappa shape index (κ1) is 15.8. The van der Waals surface area contributed by atoms with Gasteiger partial charge in [0.25, 0.3) is 0 Å². The fourth-order valence-corrected chi connectivity index (χ4v) is 1.42. The topological polar surface area (TPSA) is 75.6 Å². The van der Waals surface area contributed by atoms with Gasteiger partial charge in [-0.25, -0.2) is 9.59 Å². The third kappa shape index (κ3) is 6.04. The molecular formula is C15H19NO4. The predicted molar refractivity (Wildman–Crippen MR) is 76.3 cm³/mol. The maximum atomic E-state index is 11.5. The highest BCUT2D eigenvalue weighted by Crippen LogP contribution is 2.08. The average Bonchev–Trinajstić information content (AvgIpc) is 2.33. The molecule has 20 heavy (non-hydrogen) atoms. The Labute approximate surface area is 118 Å². The molecule has 1 aromatic rings. The summed E-state index contributed by atoms with van der Waals surface area (Å²) in [6.45, 7) is 5.12. The number of nitrogens with one attached hydrogen (secondary N) is 1. The Bertz CT molecular complexity index is 500. The standard InChI is InChI=1S/C15H19NO4/c1-15(2,3)20-14(19)16-10-12(13(17)18)9-11-7-5-4-6-8-11/h4-9H,10H2,1-3H3,(H,16,19)(H,17,18). The van der Waals surface area contributed by atoms with Crippen LogP contribution in [-0.2, 0) is 9.53 Å². The molecule has 108 valence electrons. The van der Waals surface area contributed by atoms with E-state index in [1.165, 1.54) is 6.08 Å². The van der Waals surface area contributed by atoms with Crippen LogP contribution in [0.5, 0.6) is 0 Å². The predicted octanol–water partition coefficient (Wildman–Crippen LogP) is 2.68. The lowest BCUT2D eigenvalue weighted by molar-refractivity contribution is -0.132. The first-order chi connectivity index (χ1) is 9.28. The van der Waals surface area contributed by atoms with Crippen molar-refractivity contribution in [2.45, 2.75) is 26.4 Å². The molecule has 5 nitrogen and oxygen atoms in total. The number of benzene rings is 1. The van der Waals surface area contributed by atoms with Crippen molar-refractivity contribution in [3.63, 3.8) is 0 Å². The van der Waals surface area contributed by atoms with Crippen molar-refractivity contribution in [3.8, 4) is 0 Å². The van der Waals surface area contributed by atoms with Gasteiger partial charge < -0.3 is 15.2 Å². The van der Waals surface area contributed by atoms with Gasteiger partial charge in [0, 0.05) is 0 Å². The molecule has 0 aliphatic carbocycles. The lowest BCUT2D eigenvalue weighted by Gasteiger charge is -2.19. The van der Waals surface area contributed by atoms with Crippen molar-refractivity contribution >= 4 is 18.1 Å². The van der Waals surface area contributed by atoms with Crippen molar-refractivity contribution in [1.82, 2.24) is 5.32 Å². The quantitative estimate of drug-likeness (QED) is 0.830. The van der Waals surface area contributed by atoms with Crippen molar-refractivity contribution in [3.05, 3.63) is 41.5 Å². The maximum absolute atomic E-state index is 11.5. The second-order valence-electron chi connectivity index (χ2n) is 5.24. The number of hydrogen-bond acceptors (Lipinski definition) is 3. The molecule has 0 spiro atoms. The minimum Gasteiger partial charge on any atom is -0.478 e. The van der Waals surface area contributed by atoms with E-state index in [4.69, 9.17) is 9.84 Å². The summed E-state index contributed by atoms with van der Waals surface area (Å²) in [7, 11) is 0. The number of carbonyl (C=O) groups is 2. The lowest BCUT2D eigenvalue weighted by Crippen LogP contribution is -2.34. The number of amides is 1. The normalized spacial score (nSPS) is 11.8. The van der Waals surface area contributed by atoms with E-state index in [2.05, 4.69) is 5.32 Å². The number of aliphatic carboxylic acids is 1. The summed E-state index contributed by atoms with van der Waals surface area (Å²) in [4.78, 5) is 22.6. The Morgan fingerprint density at radius 1 is 1.25 bits per heavy atom. The van der Waals surface area contributed by atoms with E-state index in [1.54, 1.807) is 32.9 Å². The van der Waals surface area contributed by atoms with Gasteiger partial charge in [-0.1, -0.05) is 30.3 Å². The van der Waals surface area contributed by atoms with Crippen molar-refractivity contribution in [1.29, 1.82) is 0 Å². The first-order valence-electron chi connectivity index (χ1n) is 6.24. The van der Waals surface area contributed by atoms with Crippen LogP contribution >= 0.6 is 0 Å². The van der Waals surface area contributed by atoms with Crippen LogP contribution in [0.4, 0.5) is 4.79 Å². The van der Waals surface area contributed by atoms with Gasteiger partial charge in [-0.05, 0) is 32.4 Å². The van der Waals surface area contributed by atoms with Crippen LogP contribution in [-0.4, -0.2) is 29.3 Å². The highest BCUT2D eigenvalue weighted by atomic mass is 16.6. The summed E-state index contributed by atoms with van der Waals surface area (Å²) in [5.74, 6) is -1.08. The minimum absolute atomic E-state index is 0.0852. The molecule has 0 unspecified atom stereocenters. The van der Waals surface area contributed by atoms with Gasteiger partial charge in [-0.3, -0.25) is 0 Å². The average molecular weight is 277 g/mol. The Kier molecular flexibility index (Phi) is 5.32. The minimum atomic E-state index is -1.08. The van der Waals surface area contributed by atoms with E-state index < -0.39 is 17.7 Å². The van der Waals surface area contributed by atoms with E-state index >= 15 is 0 Å². The van der Waals surface area contributed by atoms with Gasteiger partial charge in [-0.15, -0.1) is 0 Å². The molecule has 0 aromatic heterocycles. The fourth-order valence-electron chi connectivity index (χ4n) is 1.42. The number of carboxylic acid groups (broad SMARTS) is 1. The van der Waals surface area contributed by atoms with Crippen molar-refractivity contribution in [2.75, 3.05) is 6.54 Å². The zero-order valence-corrected chi connectivity index (χ0v) is 11.8. The molecule has 0 atom stereocenters. The highest BCUT2D eigenvalue weighted by Gasteiger charge is 2.17. The Hall–Kier alpha value is -2.30. The van der Waals surface area contributed by atoms with Crippen molar-refractivity contribution < 1.29 is 19.4 Å². The highest BCUT2D eigenvalue weighted by molar-refractivity contribution is 5.93.